The molecule has 0 aromatic heterocycles. The molecule has 0 unspecified atom stereocenters. The summed E-state index contributed by atoms with van der Waals surface area (Å²) in [4.78, 5) is 51.2. The third-order valence-electron chi connectivity index (χ3n) is 7.17. The molecule has 0 fully saturated rings. The molecule has 0 saturated heterocycles. The predicted octanol–water partition coefficient (Wildman–Crippen LogP) is 5.35. The van der Waals surface area contributed by atoms with E-state index < -0.39 is 11.8 Å². The number of nitrogens with zero attached hydrogens (tertiary/aromatic N) is 4. The van der Waals surface area contributed by atoms with E-state index in [9.17, 15) is 19.2 Å². The first kappa shape index (κ1) is 28.9. The number of hydrogen-bond donors (Lipinski definition) is 2. The second-order valence-corrected chi connectivity index (χ2v) is 10.4. The molecule has 6 rings (SSSR count). The molecule has 2 aliphatic rings. The Morgan fingerprint density at radius 1 is 0.644 bits per heavy atom. The van der Waals surface area contributed by atoms with E-state index in [-0.39, 0.29) is 23.3 Å². The molecule has 0 radical (unpaired) electrons. The van der Waals surface area contributed by atoms with E-state index in [0.29, 0.717) is 45.3 Å². The van der Waals surface area contributed by atoms with E-state index in [4.69, 9.17) is 10.2 Å². The number of para-hydroxylation sites is 2. The van der Waals surface area contributed by atoms with Gasteiger partial charge in [-0.2, -0.15) is 20.2 Å². The Morgan fingerprint density at radius 3 is 1.64 bits per heavy atom. The maximum absolute atomic E-state index is 14.0. The van der Waals surface area contributed by atoms with Crippen molar-refractivity contribution in [3.63, 3.8) is 0 Å². The van der Waals surface area contributed by atoms with Gasteiger partial charge in [0.25, 0.3) is 11.8 Å². The largest absolute Gasteiger partial charge is 0.326 e. The zero-order chi connectivity index (χ0) is 31.5. The van der Waals surface area contributed by atoms with Gasteiger partial charge in [0.2, 0.25) is 11.8 Å². The Morgan fingerprint density at radius 2 is 1.13 bits per heavy atom. The Balaban J connectivity index is 1.45. The number of carbonyl (C=O) groups excluding carboxylic acids is 4. The average Bonchev–Trinajstić information content (AvgIpc) is 3.54. The van der Waals surface area contributed by atoms with Crippen molar-refractivity contribution in [2.45, 2.75) is 13.8 Å². The highest BCUT2D eigenvalue weighted by Crippen LogP contribution is 2.32. The lowest BCUT2D eigenvalue weighted by Crippen LogP contribution is -2.28. The van der Waals surface area contributed by atoms with Crippen LogP contribution in [-0.4, -0.2) is 35.1 Å². The molecule has 2 N–H and O–H groups in total. The maximum atomic E-state index is 14.0. The zero-order valence-corrected chi connectivity index (χ0v) is 24.5. The van der Waals surface area contributed by atoms with Crippen LogP contribution in [0.3, 0.4) is 0 Å². The van der Waals surface area contributed by atoms with Crippen molar-refractivity contribution >= 4 is 57.8 Å². The van der Waals surface area contributed by atoms with Gasteiger partial charge in [-0.15, -0.1) is 0 Å². The molecular formula is C35H28N6O4. The molecule has 4 aromatic rings. The van der Waals surface area contributed by atoms with E-state index in [0.717, 1.165) is 0 Å². The first-order valence-electron chi connectivity index (χ1n) is 14.2. The molecule has 45 heavy (non-hydrogen) atoms. The molecule has 222 valence electrons. The summed E-state index contributed by atoms with van der Waals surface area (Å²) in [6.45, 7) is 2.85. The number of hydrazone groups is 2. The molecule has 0 bridgehead atoms. The number of hydrogen-bond acceptors (Lipinski definition) is 6. The Labute approximate surface area is 259 Å². The molecule has 4 amide bonds. The van der Waals surface area contributed by atoms with Crippen LogP contribution < -0.4 is 20.7 Å². The van der Waals surface area contributed by atoms with Gasteiger partial charge in [-0.1, -0.05) is 66.7 Å². The van der Waals surface area contributed by atoms with Gasteiger partial charge in [0.1, 0.15) is 11.6 Å². The Kier molecular flexibility index (Phi) is 7.85. The number of amides is 4. The smallest absolute Gasteiger partial charge is 0.280 e. The summed E-state index contributed by atoms with van der Waals surface area (Å²) in [6.07, 6.45) is 1.62. The first-order chi connectivity index (χ1) is 21.8. The summed E-state index contributed by atoms with van der Waals surface area (Å²) in [5.74, 6) is -2.05. The highest BCUT2D eigenvalue weighted by molar-refractivity contribution is 6.36. The van der Waals surface area contributed by atoms with Crippen molar-refractivity contribution in [2.24, 2.45) is 16.1 Å². The number of benzene rings is 4. The number of carbonyl (C=O) groups is 4. The minimum absolute atomic E-state index is 0.200. The van der Waals surface area contributed by atoms with Gasteiger partial charge in [0.15, 0.2) is 0 Å². The highest BCUT2D eigenvalue weighted by Gasteiger charge is 2.40. The summed E-state index contributed by atoms with van der Waals surface area (Å²) >= 11 is 0. The topological polar surface area (TPSA) is 124 Å². The average molecular weight is 597 g/mol. The van der Waals surface area contributed by atoms with Gasteiger partial charge < -0.3 is 10.6 Å². The normalized spacial score (nSPS) is 16.9. The van der Waals surface area contributed by atoms with Crippen molar-refractivity contribution in [1.29, 1.82) is 0 Å². The van der Waals surface area contributed by atoms with Gasteiger partial charge in [0.05, 0.1) is 22.7 Å². The summed E-state index contributed by atoms with van der Waals surface area (Å²) in [5, 5.41) is 17.6. The third kappa shape index (κ3) is 6.02. The summed E-state index contributed by atoms with van der Waals surface area (Å²) in [6, 6.07) is 32.1. The standard InChI is InChI=1S/C35H28N6O4/c1-22(42)36-26-17-13-24(14-18-26)32-30(34(44)40(38-32)28-9-5-3-6-10-28)21-31-33(25-15-19-27(20-16-25)37-23(2)43)39-41(35(31)45)29-11-7-4-8-12-29/h3-21,30H,1-2H3,(H,36,42)(H,37,43)/t30-/m1/s1. The molecule has 10 nitrogen and oxygen atoms in total. The molecule has 4 aromatic carbocycles. The van der Waals surface area contributed by atoms with E-state index in [1.165, 1.54) is 23.9 Å². The van der Waals surface area contributed by atoms with Crippen LogP contribution in [-0.2, 0) is 19.2 Å². The molecule has 1 atom stereocenters. The molecular weight excluding hydrogens is 568 g/mol. The van der Waals surface area contributed by atoms with Crippen molar-refractivity contribution in [2.75, 3.05) is 20.7 Å². The van der Waals surface area contributed by atoms with Crippen molar-refractivity contribution < 1.29 is 19.2 Å². The fourth-order valence-electron chi connectivity index (χ4n) is 5.14. The van der Waals surface area contributed by atoms with E-state index in [1.807, 2.05) is 36.4 Å². The Bertz CT molecular complexity index is 1880. The first-order valence-corrected chi connectivity index (χ1v) is 14.2. The summed E-state index contributed by atoms with van der Waals surface area (Å²) in [5.41, 5.74) is 4.71. The fourth-order valence-corrected chi connectivity index (χ4v) is 5.14. The van der Waals surface area contributed by atoms with Gasteiger partial charge in [-0.05, 0) is 54.1 Å². The number of anilines is 4. The monoisotopic (exact) mass is 596 g/mol. The van der Waals surface area contributed by atoms with Crippen LogP contribution in [0.4, 0.5) is 22.7 Å². The third-order valence-corrected chi connectivity index (χ3v) is 7.17. The van der Waals surface area contributed by atoms with Crippen LogP contribution in [0.2, 0.25) is 0 Å². The number of rotatable bonds is 7. The van der Waals surface area contributed by atoms with Gasteiger partial charge in [-0.25, -0.2) is 0 Å². The van der Waals surface area contributed by atoms with Crippen molar-refractivity contribution in [3.05, 3.63) is 132 Å². The summed E-state index contributed by atoms with van der Waals surface area (Å²) in [7, 11) is 0. The van der Waals surface area contributed by atoms with Crippen LogP contribution in [0, 0.1) is 5.92 Å². The van der Waals surface area contributed by atoms with Crippen LogP contribution in [0.5, 0.6) is 0 Å². The van der Waals surface area contributed by atoms with Gasteiger partial charge in [0, 0.05) is 30.8 Å². The van der Waals surface area contributed by atoms with Crippen molar-refractivity contribution in [3.8, 4) is 0 Å². The maximum Gasteiger partial charge on any atom is 0.280 e. The van der Waals surface area contributed by atoms with Crippen LogP contribution in [0.25, 0.3) is 0 Å². The number of nitrogens with one attached hydrogen (secondary N) is 2. The van der Waals surface area contributed by atoms with Gasteiger partial charge in [-0.3, -0.25) is 19.2 Å². The second kappa shape index (κ2) is 12.2. The van der Waals surface area contributed by atoms with E-state index >= 15 is 0 Å². The lowest BCUT2D eigenvalue weighted by atomic mass is 9.91. The lowest BCUT2D eigenvalue weighted by Gasteiger charge is -2.14. The molecule has 0 saturated carbocycles. The SMILES string of the molecule is CC(=O)Nc1ccc(C2=NN(c3ccccc3)C(=O)C2=C[C@H]2C(=O)N(c3ccccc3)N=C2c2ccc(NC(C)=O)cc2)cc1. The summed E-state index contributed by atoms with van der Waals surface area (Å²) < 4.78 is 0. The second-order valence-electron chi connectivity index (χ2n) is 10.4. The van der Waals surface area contributed by atoms with E-state index in [1.54, 1.807) is 78.9 Å². The van der Waals surface area contributed by atoms with Crippen LogP contribution >= 0.6 is 0 Å². The zero-order valence-electron chi connectivity index (χ0n) is 24.5. The fraction of sp³-hybridized carbons (Fsp3) is 0.0857. The lowest BCUT2D eigenvalue weighted by molar-refractivity contribution is -0.119. The van der Waals surface area contributed by atoms with Crippen molar-refractivity contribution in [1.82, 2.24) is 0 Å². The molecule has 2 heterocycles. The molecule has 2 aliphatic heterocycles. The van der Waals surface area contributed by atoms with Gasteiger partial charge >= 0.3 is 0 Å². The van der Waals surface area contributed by atoms with Crippen LogP contribution in [0.15, 0.2) is 131 Å². The quantitative estimate of drug-likeness (QED) is 0.279. The minimum Gasteiger partial charge on any atom is -0.326 e. The highest BCUT2D eigenvalue weighted by atomic mass is 16.2. The minimum atomic E-state index is -0.921. The predicted molar refractivity (Wildman–Crippen MR) is 174 cm³/mol. The van der Waals surface area contributed by atoms with Crippen LogP contribution in [0.1, 0.15) is 25.0 Å². The molecule has 0 spiro atoms. The molecule has 0 aliphatic carbocycles. The van der Waals surface area contributed by atoms with E-state index in [2.05, 4.69) is 10.6 Å². The Hall–Kier alpha value is -6.16. The molecule has 10 heteroatoms.